The van der Waals surface area contributed by atoms with Gasteiger partial charge in [0.25, 0.3) is 11.5 Å². The number of rotatable bonds is 3. The van der Waals surface area contributed by atoms with E-state index in [4.69, 9.17) is 0 Å². The second-order valence-electron chi connectivity index (χ2n) is 3.33. The zero-order chi connectivity index (χ0) is 12.1. The number of nitrogens with one attached hydrogen (secondary N) is 2. The maximum Gasteiger partial charge on any atom is 0.270 e. The van der Waals surface area contributed by atoms with Crippen molar-refractivity contribution in [3.63, 3.8) is 0 Å². The lowest BCUT2D eigenvalue weighted by atomic mass is 10.2. The summed E-state index contributed by atoms with van der Waals surface area (Å²) in [6.07, 6.45) is 4.49. The van der Waals surface area contributed by atoms with E-state index in [-0.39, 0.29) is 17.2 Å². The number of hydrogen-bond acceptors (Lipinski definition) is 4. The number of nitrogens with zero attached hydrogens (tertiary/aromatic N) is 2. The summed E-state index contributed by atoms with van der Waals surface area (Å²) < 4.78 is 0. The van der Waals surface area contributed by atoms with E-state index in [1.807, 2.05) is 0 Å². The van der Waals surface area contributed by atoms with E-state index in [1.54, 1.807) is 24.5 Å². The van der Waals surface area contributed by atoms with Gasteiger partial charge in [-0.3, -0.25) is 14.6 Å². The Kier molecular flexibility index (Phi) is 3.25. The molecule has 0 unspecified atom stereocenters. The normalized spacial score (nSPS) is 9.88. The fourth-order valence-electron chi connectivity index (χ4n) is 1.27. The molecule has 2 heterocycles. The van der Waals surface area contributed by atoms with Crippen LogP contribution in [0.5, 0.6) is 0 Å². The fraction of sp³-hybridized carbons (Fsp3) is 0.0909. The molecule has 0 aliphatic rings. The molecular formula is C11H10N4O2. The van der Waals surface area contributed by atoms with Gasteiger partial charge in [-0.05, 0) is 17.7 Å². The molecule has 2 rings (SSSR count). The number of hydrogen-bond donors (Lipinski definition) is 2. The van der Waals surface area contributed by atoms with Crippen LogP contribution in [0, 0.1) is 0 Å². The largest absolute Gasteiger partial charge is 0.347 e. The molecule has 0 aromatic carbocycles. The summed E-state index contributed by atoms with van der Waals surface area (Å²) in [4.78, 5) is 32.6. The highest BCUT2D eigenvalue weighted by Gasteiger charge is 2.06. The van der Waals surface area contributed by atoms with Crippen molar-refractivity contribution in [1.82, 2.24) is 20.3 Å². The van der Waals surface area contributed by atoms with Crippen LogP contribution in [-0.4, -0.2) is 20.9 Å². The monoisotopic (exact) mass is 230 g/mol. The van der Waals surface area contributed by atoms with Crippen LogP contribution in [0.25, 0.3) is 0 Å². The van der Waals surface area contributed by atoms with Crippen LogP contribution in [-0.2, 0) is 6.54 Å². The van der Waals surface area contributed by atoms with E-state index in [9.17, 15) is 9.59 Å². The smallest absolute Gasteiger partial charge is 0.270 e. The molecular weight excluding hydrogens is 220 g/mol. The summed E-state index contributed by atoms with van der Waals surface area (Å²) in [5.41, 5.74) is 0.676. The van der Waals surface area contributed by atoms with Gasteiger partial charge in [-0.2, -0.15) is 0 Å². The average molecular weight is 230 g/mol. The molecule has 0 aliphatic heterocycles. The molecule has 2 aromatic rings. The zero-order valence-corrected chi connectivity index (χ0v) is 8.88. The molecule has 2 aromatic heterocycles. The maximum atomic E-state index is 11.6. The molecule has 0 saturated heterocycles. The minimum absolute atomic E-state index is 0.0998. The Morgan fingerprint density at radius 3 is 2.82 bits per heavy atom. The predicted molar refractivity (Wildman–Crippen MR) is 60.3 cm³/mol. The second-order valence-corrected chi connectivity index (χ2v) is 3.33. The van der Waals surface area contributed by atoms with Crippen LogP contribution in [0.3, 0.4) is 0 Å². The van der Waals surface area contributed by atoms with Crippen molar-refractivity contribution < 1.29 is 4.79 Å². The summed E-state index contributed by atoms with van der Waals surface area (Å²) in [6.45, 7) is 0.371. The van der Waals surface area contributed by atoms with Crippen LogP contribution in [0.1, 0.15) is 16.1 Å². The number of H-pyrrole nitrogens is 1. The van der Waals surface area contributed by atoms with Gasteiger partial charge in [-0.15, -0.1) is 0 Å². The van der Waals surface area contributed by atoms with Crippen LogP contribution >= 0.6 is 0 Å². The minimum atomic E-state index is -0.382. The Morgan fingerprint density at radius 1 is 1.35 bits per heavy atom. The number of amides is 1. The zero-order valence-electron chi connectivity index (χ0n) is 8.88. The van der Waals surface area contributed by atoms with Gasteiger partial charge in [0.1, 0.15) is 5.69 Å². The fourth-order valence-corrected chi connectivity index (χ4v) is 1.27. The van der Waals surface area contributed by atoms with Gasteiger partial charge in [0.15, 0.2) is 0 Å². The minimum Gasteiger partial charge on any atom is -0.347 e. The molecule has 86 valence electrons. The highest BCUT2D eigenvalue weighted by atomic mass is 16.2. The average Bonchev–Trinajstić information content (AvgIpc) is 2.37. The van der Waals surface area contributed by atoms with E-state index < -0.39 is 0 Å². The van der Waals surface area contributed by atoms with E-state index in [0.29, 0.717) is 6.54 Å². The Hall–Kier alpha value is -2.50. The maximum absolute atomic E-state index is 11.6. The molecule has 0 spiro atoms. The first-order valence-corrected chi connectivity index (χ1v) is 4.97. The third-order valence-corrected chi connectivity index (χ3v) is 2.11. The van der Waals surface area contributed by atoms with Crippen LogP contribution in [0.15, 0.2) is 41.7 Å². The Labute approximate surface area is 96.8 Å². The molecule has 2 N–H and O–H groups in total. The molecule has 0 aliphatic carbocycles. The standard InChI is InChI=1S/C11H10N4O2/c16-10-5-9(14-7-15-10)11(17)13-6-8-1-3-12-4-2-8/h1-5,7H,6H2,(H,13,17)(H,14,15,16). The summed E-state index contributed by atoms with van der Waals surface area (Å²) in [6, 6.07) is 4.75. The number of aromatic nitrogens is 3. The van der Waals surface area contributed by atoms with Gasteiger partial charge in [-0.1, -0.05) is 0 Å². The van der Waals surface area contributed by atoms with Crippen LogP contribution in [0.2, 0.25) is 0 Å². The lowest BCUT2D eigenvalue weighted by Gasteiger charge is -2.03. The van der Waals surface area contributed by atoms with Crippen molar-refractivity contribution in [2.75, 3.05) is 0 Å². The van der Waals surface area contributed by atoms with Crippen molar-refractivity contribution in [2.24, 2.45) is 0 Å². The van der Waals surface area contributed by atoms with Crippen molar-refractivity contribution >= 4 is 5.91 Å². The van der Waals surface area contributed by atoms with E-state index in [2.05, 4.69) is 20.3 Å². The Balaban J connectivity index is 2.01. The molecule has 6 nitrogen and oxygen atoms in total. The van der Waals surface area contributed by atoms with Crippen molar-refractivity contribution in [3.8, 4) is 0 Å². The van der Waals surface area contributed by atoms with Crippen molar-refractivity contribution in [1.29, 1.82) is 0 Å². The lowest BCUT2D eigenvalue weighted by Crippen LogP contribution is -2.25. The van der Waals surface area contributed by atoms with Gasteiger partial charge in [0, 0.05) is 25.0 Å². The highest BCUT2D eigenvalue weighted by molar-refractivity contribution is 5.91. The molecule has 0 bridgehead atoms. The molecule has 0 radical (unpaired) electrons. The highest BCUT2D eigenvalue weighted by Crippen LogP contribution is 1.96. The quantitative estimate of drug-likeness (QED) is 0.782. The number of carbonyl (C=O) groups excluding carboxylic acids is 1. The number of pyridine rings is 1. The van der Waals surface area contributed by atoms with Gasteiger partial charge >= 0.3 is 0 Å². The topological polar surface area (TPSA) is 87.7 Å². The molecule has 1 amide bonds. The molecule has 0 fully saturated rings. The predicted octanol–water partition coefficient (Wildman–Crippen LogP) is 0.0949. The molecule has 0 atom stereocenters. The van der Waals surface area contributed by atoms with E-state index in [0.717, 1.165) is 11.6 Å². The van der Waals surface area contributed by atoms with Gasteiger partial charge in [-0.25, -0.2) is 4.98 Å². The van der Waals surface area contributed by atoms with E-state index in [1.165, 1.54) is 6.33 Å². The molecule has 6 heteroatoms. The van der Waals surface area contributed by atoms with Gasteiger partial charge < -0.3 is 10.3 Å². The lowest BCUT2D eigenvalue weighted by molar-refractivity contribution is 0.0945. The second kappa shape index (κ2) is 5.02. The van der Waals surface area contributed by atoms with E-state index >= 15 is 0 Å². The summed E-state index contributed by atoms with van der Waals surface area (Å²) in [5, 5.41) is 2.66. The van der Waals surface area contributed by atoms with Crippen molar-refractivity contribution in [2.45, 2.75) is 6.54 Å². The van der Waals surface area contributed by atoms with Crippen molar-refractivity contribution in [3.05, 3.63) is 58.5 Å². The summed E-state index contributed by atoms with van der Waals surface area (Å²) in [7, 11) is 0. The van der Waals surface area contributed by atoms with Gasteiger partial charge in [0.05, 0.1) is 6.33 Å². The first kappa shape index (κ1) is 11.0. The SMILES string of the molecule is O=C(NCc1ccncc1)c1cc(=O)[nH]cn1. The van der Waals surface area contributed by atoms with Crippen LogP contribution in [0.4, 0.5) is 0 Å². The summed E-state index contributed by atoms with van der Waals surface area (Å²) in [5.74, 6) is -0.382. The first-order valence-electron chi connectivity index (χ1n) is 4.97. The third kappa shape index (κ3) is 2.97. The number of carbonyl (C=O) groups is 1. The Morgan fingerprint density at radius 2 is 2.12 bits per heavy atom. The summed E-state index contributed by atoms with van der Waals surface area (Å²) >= 11 is 0. The van der Waals surface area contributed by atoms with Crippen LogP contribution < -0.4 is 10.9 Å². The molecule has 0 saturated carbocycles. The number of aromatic amines is 1. The first-order chi connectivity index (χ1) is 8.25. The molecule has 17 heavy (non-hydrogen) atoms. The Bertz CT molecular complexity index is 565. The third-order valence-electron chi connectivity index (χ3n) is 2.11. The van der Waals surface area contributed by atoms with Gasteiger partial charge in [0.2, 0.25) is 0 Å².